The number of hydrogen-bond acceptors (Lipinski definition) is 2. The first kappa shape index (κ1) is 12.9. The van der Waals surface area contributed by atoms with Gasteiger partial charge in [0, 0.05) is 6.04 Å². The number of carbonyl (C=O) groups is 2. The Kier molecular flexibility index (Phi) is 3.06. The molecule has 1 saturated heterocycles. The van der Waals surface area contributed by atoms with E-state index in [2.05, 4.69) is 5.32 Å². The Labute approximate surface area is 114 Å². The highest BCUT2D eigenvalue weighted by atomic mass is 16.2. The smallest absolute Gasteiger partial charge is 0.246 e. The van der Waals surface area contributed by atoms with Crippen molar-refractivity contribution in [3.05, 3.63) is 0 Å². The zero-order valence-corrected chi connectivity index (χ0v) is 11.9. The highest BCUT2D eigenvalue weighted by Gasteiger charge is 2.57. The van der Waals surface area contributed by atoms with Gasteiger partial charge in [0.1, 0.15) is 11.6 Å². The summed E-state index contributed by atoms with van der Waals surface area (Å²) in [6.07, 6.45) is 7.92. The molecule has 1 aliphatic heterocycles. The molecule has 0 aromatic carbocycles. The molecule has 4 nitrogen and oxygen atoms in total. The third-order valence-electron chi connectivity index (χ3n) is 5.23. The van der Waals surface area contributed by atoms with Gasteiger partial charge in [-0.05, 0) is 45.4 Å². The molecule has 4 heteroatoms. The van der Waals surface area contributed by atoms with Crippen molar-refractivity contribution >= 4 is 11.8 Å². The molecule has 1 N–H and O–H groups in total. The summed E-state index contributed by atoms with van der Waals surface area (Å²) in [4.78, 5) is 27.1. The molecular weight excluding hydrogens is 240 g/mol. The van der Waals surface area contributed by atoms with Gasteiger partial charge in [-0.2, -0.15) is 0 Å². The summed E-state index contributed by atoms with van der Waals surface area (Å²) in [7, 11) is 0. The molecule has 2 amide bonds. The van der Waals surface area contributed by atoms with Crippen LogP contribution in [-0.4, -0.2) is 34.3 Å². The number of nitrogens with zero attached hydrogens (tertiary/aromatic N) is 1. The first-order valence-electron chi connectivity index (χ1n) is 7.69. The summed E-state index contributed by atoms with van der Waals surface area (Å²) in [5.41, 5.74) is -0.592. The Morgan fingerprint density at radius 2 is 1.74 bits per heavy atom. The van der Waals surface area contributed by atoms with Crippen molar-refractivity contribution in [3.63, 3.8) is 0 Å². The van der Waals surface area contributed by atoms with E-state index < -0.39 is 5.54 Å². The van der Waals surface area contributed by atoms with Gasteiger partial charge >= 0.3 is 0 Å². The van der Waals surface area contributed by atoms with Gasteiger partial charge in [0.05, 0.1) is 0 Å². The third kappa shape index (κ3) is 1.96. The number of carbonyl (C=O) groups excluding carboxylic acids is 2. The maximum absolute atomic E-state index is 12.6. The zero-order chi connectivity index (χ0) is 13.6. The van der Waals surface area contributed by atoms with E-state index >= 15 is 0 Å². The van der Waals surface area contributed by atoms with Crippen LogP contribution in [-0.2, 0) is 9.59 Å². The van der Waals surface area contributed by atoms with E-state index in [1.54, 1.807) is 0 Å². The predicted octanol–water partition coefficient (Wildman–Crippen LogP) is 1.83. The normalized spacial score (nSPS) is 37.4. The molecule has 2 atom stereocenters. The summed E-state index contributed by atoms with van der Waals surface area (Å²) in [5.74, 6) is 0.555. The molecule has 3 fully saturated rings. The summed E-state index contributed by atoms with van der Waals surface area (Å²) in [6.45, 7) is 3.79. The predicted molar refractivity (Wildman–Crippen MR) is 72.5 cm³/mol. The van der Waals surface area contributed by atoms with E-state index in [0.29, 0.717) is 5.92 Å². The van der Waals surface area contributed by atoms with Crippen molar-refractivity contribution in [1.29, 1.82) is 0 Å². The first-order valence-corrected chi connectivity index (χ1v) is 7.69. The third-order valence-corrected chi connectivity index (χ3v) is 5.23. The van der Waals surface area contributed by atoms with E-state index in [9.17, 15) is 9.59 Å². The van der Waals surface area contributed by atoms with Crippen molar-refractivity contribution in [1.82, 2.24) is 10.2 Å². The monoisotopic (exact) mass is 264 g/mol. The van der Waals surface area contributed by atoms with Gasteiger partial charge in [0.15, 0.2) is 0 Å². The Bertz CT molecular complexity index is 399. The van der Waals surface area contributed by atoms with Gasteiger partial charge in [0.2, 0.25) is 11.8 Å². The van der Waals surface area contributed by atoms with Gasteiger partial charge in [-0.1, -0.05) is 19.3 Å². The van der Waals surface area contributed by atoms with Crippen LogP contribution in [0.4, 0.5) is 0 Å². The van der Waals surface area contributed by atoms with Crippen LogP contribution in [0.25, 0.3) is 0 Å². The van der Waals surface area contributed by atoms with Gasteiger partial charge in [-0.25, -0.2) is 0 Å². The van der Waals surface area contributed by atoms with Gasteiger partial charge in [-0.3, -0.25) is 9.59 Å². The fraction of sp³-hybridized carbons (Fsp3) is 0.867. The van der Waals surface area contributed by atoms with E-state index in [1.165, 1.54) is 19.3 Å². The molecule has 0 radical (unpaired) electrons. The van der Waals surface area contributed by atoms with Crippen molar-refractivity contribution < 1.29 is 9.59 Å². The fourth-order valence-corrected chi connectivity index (χ4v) is 3.88. The molecule has 2 aliphatic carbocycles. The highest BCUT2D eigenvalue weighted by Crippen LogP contribution is 2.46. The van der Waals surface area contributed by atoms with E-state index in [4.69, 9.17) is 0 Å². The van der Waals surface area contributed by atoms with E-state index in [0.717, 1.165) is 25.7 Å². The summed E-state index contributed by atoms with van der Waals surface area (Å²) in [5, 5.41) is 2.88. The van der Waals surface area contributed by atoms with E-state index in [1.807, 2.05) is 18.7 Å². The second kappa shape index (κ2) is 4.50. The molecule has 3 rings (SSSR count). The van der Waals surface area contributed by atoms with E-state index in [-0.39, 0.29) is 23.9 Å². The fourth-order valence-electron chi connectivity index (χ4n) is 3.88. The molecule has 0 bridgehead atoms. The van der Waals surface area contributed by atoms with Crippen LogP contribution in [0.2, 0.25) is 0 Å². The second-order valence-electron chi connectivity index (χ2n) is 6.62. The molecular formula is C15H24N2O2. The van der Waals surface area contributed by atoms with Crippen LogP contribution in [0.3, 0.4) is 0 Å². The van der Waals surface area contributed by atoms with Crippen molar-refractivity contribution in [2.45, 2.75) is 76.4 Å². The molecule has 1 heterocycles. The van der Waals surface area contributed by atoms with Gasteiger partial charge in [0.25, 0.3) is 0 Å². The molecule has 2 unspecified atom stereocenters. The summed E-state index contributed by atoms with van der Waals surface area (Å²) in [6, 6.07) is -0.0819. The SMILES string of the molecule is CC1NC(=O)C(C)(C2CC2)N(C2CCCCC2)C1=O. The molecule has 19 heavy (non-hydrogen) atoms. The van der Waals surface area contributed by atoms with Gasteiger partial charge < -0.3 is 10.2 Å². The Balaban J connectivity index is 1.93. The number of amides is 2. The topological polar surface area (TPSA) is 49.4 Å². The highest BCUT2D eigenvalue weighted by molar-refractivity contribution is 6.00. The van der Waals surface area contributed by atoms with Crippen LogP contribution < -0.4 is 5.32 Å². The lowest BCUT2D eigenvalue weighted by atomic mass is 9.83. The maximum Gasteiger partial charge on any atom is 0.246 e. The lowest BCUT2D eigenvalue weighted by Crippen LogP contribution is -2.72. The molecule has 0 aromatic heterocycles. The second-order valence-corrected chi connectivity index (χ2v) is 6.62. The molecule has 2 saturated carbocycles. The largest absolute Gasteiger partial charge is 0.343 e. The minimum absolute atomic E-state index is 0.0627. The summed E-state index contributed by atoms with van der Waals surface area (Å²) < 4.78 is 0. The van der Waals surface area contributed by atoms with Crippen LogP contribution >= 0.6 is 0 Å². The lowest BCUT2D eigenvalue weighted by molar-refractivity contribution is -0.162. The molecule has 3 aliphatic rings. The van der Waals surface area contributed by atoms with Crippen LogP contribution in [0.1, 0.15) is 58.8 Å². The lowest BCUT2D eigenvalue weighted by Gasteiger charge is -2.50. The molecule has 0 aromatic rings. The average Bonchev–Trinajstić information content (AvgIpc) is 3.22. The van der Waals surface area contributed by atoms with Gasteiger partial charge in [-0.15, -0.1) is 0 Å². The quantitative estimate of drug-likeness (QED) is 0.827. The first-order chi connectivity index (χ1) is 9.05. The number of nitrogens with one attached hydrogen (secondary N) is 1. The molecule has 106 valence electrons. The summed E-state index contributed by atoms with van der Waals surface area (Å²) >= 11 is 0. The minimum Gasteiger partial charge on any atom is -0.343 e. The molecule has 0 spiro atoms. The number of hydrogen-bond donors (Lipinski definition) is 1. The van der Waals surface area contributed by atoms with Crippen molar-refractivity contribution in [3.8, 4) is 0 Å². The van der Waals surface area contributed by atoms with Crippen LogP contribution in [0, 0.1) is 5.92 Å². The zero-order valence-electron chi connectivity index (χ0n) is 11.9. The van der Waals surface area contributed by atoms with Crippen molar-refractivity contribution in [2.75, 3.05) is 0 Å². The maximum atomic E-state index is 12.6. The Hall–Kier alpha value is -1.06. The Morgan fingerprint density at radius 3 is 2.32 bits per heavy atom. The Morgan fingerprint density at radius 1 is 1.11 bits per heavy atom. The number of rotatable bonds is 2. The van der Waals surface area contributed by atoms with Crippen LogP contribution in [0.5, 0.6) is 0 Å². The van der Waals surface area contributed by atoms with Crippen LogP contribution in [0.15, 0.2) is 0 Å². The number of piperazine rings is 1. The van der Waals surface area contributed by atoms with Crippen molar-refractivity contribution in [2.24, 2.45) is 5.92 Å². The average molecular weight is 264 g/mol. The minimum atomic E-state index is -0.592. The standard InChI is InChI=1S/C15H24N2O2/c1-10-13(18)17(12-6-4-3-5-7-12)15(2,11-8-9-11)14(19)16-10/h10-12H,3-9H2,1-2H3,(H,16,19).